The van der Waals surface area contributed by atoms with E-state index in [2.05, 4.69) is 22.5 Å². The molecule has 2 aromatic carbocycles. The first-order chi connectivity index (χ1) is 15.4. The van der Waals surface area contributed by atoms with Gasteiger partial charge in [-0.3, -0.25) is 5.32 Å². The van der Waals surface area contributed by atoms with Crippen molar-refractivity contribution >= 4 is 38.2 Å². The van der Waals surface area contributed by atoms with Crippen LogP contribution in [0.3, 0.4) is 0 Å². The Kier molecular flexibility index (Phi) is 6.45. The minimum absolute atomic E-state index is 0.220. The van der Waals surface area contributed by atoms with Gasteiger partial charge in [0.15, 0.2) is 5.13 Å². The maximum absolute atomic E-state index is 13.0. The highest BCUT2D eigenvalue weighted by Gasteiger charge is 2.30. The van der Waals surface area contributed by atoms with Gasteiger partial charge in [-0.2, -0.15) is 4.31 Å². The fourth-order valence-corrected chi connectivity index (χ4v) is 5.92. The van der Waals surface area contributed by atoms with E-state index in [1.807, 2.05) is 24.3 Å². The topological polar surface area (TPSA) is 101 Å². The van der Waals surface area contributed by atoms with Crippen LogP contribution in [0.4, 0.5) is 15.6 Å². The van der Waals surface area contributed by atoms with Gasteiger partial charge in [0.25, 0.3) is 0 Å². The molecule has 4 rings (SSSR count). The molecular formula is C22H24N4O4S2. The lowest BCUT2D eigenvalue weighted by molar-refractivity contribution is 0.262. The van der Waals surface area contributed by atoms with Gasteiger partial charge in [0.1, 0.15) is 5.75 Å². The summed E-state index contributed by atoms with van der Waals surface area (Å²) in [5, 5.41) is 5.98. The predicted octanol–water partition coefficient (Wildman–Crippen LogP) is 4.11. The third-order valence-electron chi connectivity index (χ3n) is 5.23. The van der Waals surface area contributed by atoms with Crippen LogP contribution in [0.5, 0.6) is 5.75 Å². The summed E-state index contributed by atoms with van der Waals surface area (Å²) in [5.41, 5.74) is 2.70. The Bertz CT molecular complexity index is 1210. The first-order valence-corrected chi connectivity index (χ1v) is 12.4. The van der Waals surface area contributed by atoms with E-state index in [1.54, 1.807) is 24.3 Å². The molecule has 0 fully saturated rings. The molecule has 8 nitrogen and oxygen atoms in total. The second-order valence-electron chi connectivity index (χ2n) is 7.28. The molecule has 0 radical (unpaired) electrons. The smallest absolute Gasteiger partial charge is 0.325 e. The van der Waals surface area contributed by atoms with Crippen LogP contribution in [-0.2, 0) is 29.4 Å². The largest absolute Gasteiger partial charge is 0.497 e. The van der Waals surface area contributed by atoms with Crippen molar-refractivity contribution in [2.45, 2.75) is 31.2 Å². The molecule has 0 bridgehead atoms. The Morgan fingerprint density at radius 3 is 2.50 bits per heavy atom. The Labute approximate surface area is 191 Å². The van der Waals surface area contributed by atoms with Crippen molar-refractivity contribution in [1.29, 1.82) is 0 Å². The van der Waals surface area contributed by atoms with E-state index in [0.29, 0.717) is 29.5 Å². The van der Waals surface area contributed by atoms with Gasteiger partial charge in [-0.1, -0.05) is 30.4 Å². The lowest BCUT2D eigenvalue weighted by Gasteiger charge is -2.25. The van der Waals surface area contributed by atoms with Crippen molar-refractivity contribution in [2.24, 2.45) is 0 Å². The third-order valence-corrected chi connectivity index (χ3v) is 8.09. The molecule has 1 aromatic heterocycles. The Balaban J connectivity index is 1.42. The second-order valence-corrected chi connectivity index (χ2v) is 10.3. The number of anilines is 2. The molecule has 0 atom stereocenters. The number of sulfonamides is 1. The molecule has 2 N–H and O–H groups in total. The molecule has 0 unspecified atom stereocenters. The van der Waals surface area contributed by atoms with Crippen molar-refractivity contribution in [2.75, 3.05) is 24.3 Å². The number of nitrogens with zero attached hydrogens (tertiary/aromatic N) is 2. The van der Waals surface area contributed by atoms with Crippen LogP contribution >= 0.6 is 11.3 Å². The molecule has 32 heavy (non-hydrogen) atoms. The molecule has 0 saturated heterocycles. The number of fused-ring (bicyclic) bond motifs is 1. The second kappa shape index (κ2) is 9.27. The average molecular weight is 473 g/mol. The molecule has 0 saturated carbocycles. The average Bonchev–Trinajstić information content (AvgIpc) is 3.20. The summed E-state index contributed by atoms with van der Waals surface area (Å²) in [6.07, 6.45) is 1.42. The van der Waals surface area contributed by atoms with Crippen molar-refractivity contribution in [3.8, 4) is 5.75 Å². The van der Waals surface area contributed by atoms with Crippen molar-refractivity contribution < 1.29 is 17.9 Å². The maximum Gasteiger partial charge on any atom is 0.325 e. The number of methoxy groups -OCH3 is 1. The van der Waals surface area contributed by atoms with E-state index in [1.165, 1.54) is 28.3 Å². The summed E-state index contributed by atoms with van der Waals surface area (Å²) < 4.78 is 32.6. The number of carbonyl (C=O) groups is 1. The van der Waals surface area contributed by atoms with Crippen LogP contribution in [0, 0.1) is 0 Å². The SMILES string of the molecule is CCc1ccc(NC(=O)Nc2nc3c(s2)CN(S(=O)(=O)c2ccc(OC)cc2)CC3)cc1. The van der Waals surface area contributed by atoms with Gasteiger partial charge in [-0.15, -0.1) is 0 Å². The number of aromatic nitrogens is 1. The zero-order valence-corrected chi connectivity index (χ0v) is 19.4. The number of hydrogen-bond acceptors (Lipinski definition) is 6. The van der Waals surface area contributed by atoms with Crippen LogP contribution in [0.2, 0.25) is 0 Å². The van der Waals surface area contributed by atoms with E-state index < -0.39 is 10.0 Å². The maximum atomic E-state index is 13.0. The highest BCUT2D eigenvalue weighted by atomic mass is 32.2. The quantitative estimate of drug-likeness (QED) is 0.562. The van der Waals surface area contributed by atoms with E-state index in [-0.39, 0.29) is 17.5 Å². The lowest BCUT2D eigenvalue weighted by atomic mass is 10.1. The molecule has 1 aliphatic rings. The van der Waals surface area contributed by atoms with Gasteiger partial charge in [-0.25, -0.2) is 18.2 Å². The normalized spacial score (nSPS) is 13.9. The molecule has 10 heteroatoms. The number of amides is 2. The van der Waals surface area contributed by atoms with Gasteiger partial charge in [0, 0.05) is 23.5 Å². The fourth-order valence-electron chi connectivity index (χ4n) is 3.41. The first-order valence-electron chi connectivity index (χ1n) is 10.2. The summed E-state index contributed by atoms with van der Waals surface area (Å²) in [7, 11) is -2.10. The number of benzene rings is 2. The van der Waals surface area contributed by atoms with E-state index in [0.717, 1.165) is 17.0 Å². The highest BCUT2D eigenvalue weighted by molar-refractivity contribution is 7.89. The summed E-state index contributed by atoms with van der Waals surface area (Å²) in [6.45, 7) is 2.63. The number of ether oxygens (including phenoxy) is 1. The van der Waals surface area contributed by atoms with Crippen LogP contribution in [-0.4, -0.2) is 37.4 Å². The number of rotatable bonds is 6. The third kappa shape index (κ3) is 4.77. The molecule has 1 aliphatic heterocycles. The standard InChI is InChI=1S/C22H24N4O4S2/c1-3-15-4-6-16(7-5-15)23-21(27)25-22-24-19-12-13-26(14-20(19)31-22)32(28,29)18-10-8-17(30-2)9-11-18/h4-11H,3,12-14H2,1-2H3,(H2,23,24,25,27). The summed E-state index contributed by atoms with van der Waals surface area (Å²) in [6, 6.07) is 13.6. The van der Waals surface area contributed by atoms with Gasteiger partial charge < -0.3 is 10.1 Å². The van der Waals surface area contributed by atoms with Gasteiger partial charge in [0.05, 0.1) is 24.2 Å². The van der Waals surface area contributed by atoms with Crippen LogP contribution in [0.15, 0.2) is 53.4 Å². The monoisotopic (exact) mass is 472 g/mol. The Morgan fingerprint density at radius 1 is 1.12 bits per heavy atom. The first kappa shape index (κ1) is 22.3. The van der Waals surface area contributed by atoms with Gasteiger partial charge >= 0.3 is 6.03 Å². The summed E-state index contributed by atoms with van der Waals surface area (Å²) in [4.78, 5) is 17.9. The zero-order valence-electron chi connectivity index (χ0n) is 17.8. The number of urea groups is 1. The van der Waals surface area contributed by atoms with Crippen molar-refractivity contribution in [3.63, 3.8) is 0 Å². The minimum atomic E-state index is -3.63. The number of hydrogen-bond donors (Lipinski definition) is 2. The van der Waals surface area contributed by atoms with E-state index in [4.69, 9.17) is 4.74 Å². The van der Waals surface area contributed by atoms with Gasteiger partial charge in [0.2, 0.25) is 10.0 Å². The molecule has 0 aliphatic carbocycles. The number of aryl methyl sites for hydroxylation is 1. The Morgan fingerprint density at radius 2 is 1.84 bits per heavy atom. The Hall–Kier alpha value is -2.95. The molecule has 168 valence electrons. The highest BCUT2D eigenvalue weighted by Crippen LogP contribution is 2.31. The molecule has 2 amide bonds. The lowest BCUT2D eigenvalue weighted by Crippen LogP contribution is -2.35. The minimum Gasteiger partial charge on any atom is -0.497 e. The number of nitrogens with one attached hydrogen (secondary N) is 2. The van der Waals surface area contributed by atoms with Crippen LogP contribution in [0.1, 0.15) is 23.1 Å². The van der Waals surface area contributed by atoms with Crippen LogP contribution in [0.25, 0.3) is 0 Å². The van der Waals surface area contributed by atoms with E-state index >= 15 is 0 Å². The van der Waals surface area contributed by atoms with E-state index in [9.17, 15) is 13.2 Å². The number of thiazole rings is 1. The molecule has 0 spiro atoms. The fraction of sp³-hybridized carbons (Fsp3) is 0.273. The predicted molar refractivity (Wildman–Crippen MR) is 125 cm³/mol. The summed E-state index contributed by atoms with van der Waals surface area (Å²) >= 11 is 1.29. The summed E-state index contributed by atoms with van der Waals surface area (Å²) in [5.74, 6) is 0.600. The molecule has 2 heterocycles. The zero-order chi connectivity index (χ0) is 22.7. The van der Waals surface area contributed by atoms with Gasteiger partial charge in [-0.05, 0) is 48.4 Å². The molecule has 3 aromatic rings. The van der Waals surface area contributed by atoms with Crippen LogP contribution < -0.4 is 15.4 Å². The van der Waals surface area contributed by atoms with Crippen molar-refractivity contribution in [3.05, 3.63) is 64.7 Å². The van der Waals surface area contributed by atoms with Crippen molar-refractivity contribution in [1.82, 2.24) is 9.29 Å². The number of carbonyl (C=O) groups excluding carboxylic acids is 1. The molecular weight excluding hydrogens is 448 g/mol.